The second kappa shape index (κ2) is 4.85. The summed E-state index contributed by atoms with van der Waals surface area (Å²) in [5, 5.41) is 2.85. The van der Waals surface area contributed by atoms with Crippen LogP contribution in [-0.4, -0.2) is 34.8 Å². The molecule has 1 aliphatic heterocycles. The number of rotatable bonds is 0. The molecule has 2 N–H and O–H groups in total. The Labute approximate surface area is 82.4 Å². The van der Waals surface area contributed by atoms with Gasteiger partial charge in [0, 0.05) is 12.7 Å². The van der Waals surface area contributed by atoms with E-state index in [1.165, 1.54) is 5.70 Å². The third-order valence-corrected chi connectivity index (χ3v) is 2.72. The van der Waals surface area contributed by atoms with Gasteiger partial charge in [0.1, 0.15) is 0 Å². The maximum absolute atomic E-state index is 8.74. The Hall–Kier alpha value is -0.240. The van der Waals surface area contributed by atoms with Crippen LogP contribution in [0.5, 0.6) is 0 Å². The van der Waals surface area contributed by atoms with Gasteiger partial charge in [0.05, 0.1) is 5.37 Å². The lowest BCUT2D eigenvalue weighted by atomic mass is 10.5. The second-order valence-electron chi connectivity index (χ2n) is 2.55. The first-order valence-corrected chi connectivity index (χ1v) is 5.80. The molecule has 5 nitrogen and oxygen atoms in total. The lowest BCUT2D eigenvalue weighted by Crippen LogP contribution is -2.18. The Morgan fingerprint density at radius 1 is 1.54 bits per heavy atom. The SMILES string of the molecule is CC1=CSC(C)N1C.O=S(=O)(O)O. The first-order chi connectivity index (χ1) is 5.72. The van der Waals surface area contributed by atoms with Gasteiger partial charge in [-0.2, -0.15) is 8.42 Å². The first-order valence-electron chi connectivity index (χ1n) is 3.46. The van der Waals surface area contributed by atoms with Crippen molar-refractivity contribution >= 4 is 22.2 Å². The van der Waals surface area contributed by atoms with Crippen molar-refractivity contribution in [3.8, 4) is 0 Å². The van der Waals surface area contributed by atoms with Crippen molar-refractivity contribution in [2.24, 2.45) is 0 Å². The Morgan fingerprint density at radius 2 is 1.92 bits per heavy atom. The molecule has 0 aliphatic carbocycles. The monoisotopic (exact) mass is 227 g/mol. The van der Waals surface area contributed by atoms with Crippen LogP contribution in [0.4, 0.5) is 0 Å². The summed E-state index contributed by atoms with van der Waals surface area (Å²) in [6, 6.07) is 0. The van der Waals surface area contributed by atoms with Gasteiger partial charge in [-0.05, 0) is 19.3 Å². The number of thioether (sulfide) groups is 1. The van der Waals surface area contributed by atoms with E-state index in [0.717, 1.165) is 0 Å². The van der Waals surface area contributed by atoms with Crippen LogP contribution in [0, 0.1) is 0 Å². The number of allylic oxidation sites excluding steroid dienone is 1. The van der Waals surface area contributed by atoms with E-state index in [4.69, 9.17) is 17.5 Å². The average Bonchev–Trinajstić information content (AvgIpc) is 2.16. The molecule has 0 radical (unpaired) electrons. The predicted octanol–water partition coefficient (Wildman–Crippen LogP) is 1.22. The Morgan fingerprint density at radius 3 is 2.00 bits per heavy atom. The van der Waals surface area contributed by atoms with Gasteiger partial charge in [-0.1, -0.05) is 0 Å². The zero-order valence-corrected chi connectivity index (χ0v) is 9.26. The van der Waals surface area contributed by atoms with Crippen molar-refractivity contribution < 1.29 is 17.5 Å². The molecule has 0 saturated carbocycles. The van der Waals surface area contributed by atoms with E-state index in [-0.39, 0.29) is 0 Å². The minimum absolute atomic E-state index is 0.648. The molecule has 1 aliphatic rings. The molecule has 1 atom stereocenters. The first kappa shape index (κ1) is 12.8. The summed E-state index contributed by atoms with van der Waals surface area (Å²) in [5.74, 6) is 0. The fraction of sp³-hybridized carbons (Fsp3) is 0.667. The van der Waals surface area contributed by atoms with E-state index < -0.39 is 10.4 Å². The highest BCUT2D eigenvalue weighted by Crippen LogP contribution is 2.27. The van der Waals surface area contributed by atoms with Gasteiger partial charge in [-0.3, -0.25) is 9.11 Å². The van der Waals surface area contributed by atoms with E-state index in [9.17, 15) is 0 Å². The van der Waals surface area contributed by atoms with Crippen LogP contribution in [0.25, 0.3) is 0 Å². The molecule has 0 saturated heterocycles. The molecule has 1 heterocycles. The van der Waals surface area contributed by atoms with Crippen molar-refractivity contribution in [3.63, 3.8) is 0 Å². The predicted molar refractivity (Wildman–Crippen MR) is 52.8 cm³/mol. The molecule has 1 unspecified atom stereocenters. The molecular weight excluding hydrogens is 214 g/mol. The van der Waals surface area contributed by atoms with Crippen LogP contribution < -0.4 is 0 Å². The third kappa shape index (κ3) is 6.88. The highest BCUT2D eigenvalue weighted by atomic mass is 32.3. The normalized spacial score (nSPS) is 22.1. The molecule has 78 valence electrons. The summed E-state index contributed by atoms with van der Waals surface area (Å²) in [4.78, 5) is 2.27. The molecule has 0 spiro atoms. The number of nitrogens with zero attached hydrogens (tertiary/aromatic N) is 1. The molecule has 0 aromatic heterocycles. The van der Waals surface area contributed by atoms with Gasteiger partial charge in [-0.15, -0.1) is 11.8 Å². The molecule has 0 aromatic carbocycles. The van der Waals surface area contributed by atoms with Crippen LogP contribution in [0.15, 0.2) is 11.1 Å². The van der Waals surface area contributed by atoms with Crippen molar-refractivity contribution in [3.05, 3.63) is 11.1 Å². The maximum atomic E-state index is 8.74. The zero-order chi connectivity index (χ0) is 10.6. The van der Waals surface area contributed by atoms with Crippen LogP contribution in [-0.2, 0) is 10.4 Å². The zero-order valence-electron chi connectivity index (χ0n) is 7.63. The average molecular weight is 227 g/mol. The maximum Gasteiger partial charge on any atom is 0.394 e. The third-order valence-electron chi connectivity index (χ3n) is 1.54. The smallest absolute Gasteiger partial charge is 0.366 e. The van der Waals surface area contributed by atoms with Crippen LogP contribution in [0.1, 0.15) is 13.8 Å². The molecule has 0 fully saturated rings. The summed E-state index contributed by atoms with van der Waals surface area (Å²) in [6.07, 6.45) is 0. The van der Waals surface area contributed by atoms with Gasteiger partial charge < -0.3 is 4.90 Å². The largest absolute Gasteiger partial charge is 0.394 e. The molecular formula is C6H13NO4S2. The topological polar surface area (TPSA) is 77.8 Å². The summed E-state index contributed by atoms with van der Waals surface area (Å²) >= 11 is 1.88. The summed E-state index contributed by atoms with van der Waals surface area (Å²) in [6.45, 7) is 4.34. The lowest BCUT2D eigenvalue weighted by Gasteiger charge is -2.17. The van der Waals surface area contributed by atoms with Crippen LogP contribution >= 0.6 is 11.8 Å². The molecule has 0 amide bonds. The van der Waals surface area contributed by atoms with Crippen molar-refractivity contribution in [1.29, 1.82) is 0 Å². The van der Waals surface area contributed by atoms with E-state index in [0.29, 0.717) is 5.37 Å². The van der Waals surface area contributed by atoms with Crippen molar-refractivity contribution in [1.82, 2.24) is 4.90 Å². The fourth-order valence-corrected chi connectivity index (χ4v) is 1.57. The molecule has 0 aromatic rings. The Bertz CT molecular complexity index is 277. The summed E-state index contributed by atoms with van der Waals surface area (Å²) in [7, 11) is -2.55. The number of hydrogen-bond donors (Lipinski definition) is 2. The van der Waals surface area contributed by atoms with Crippen LogP contribution in [0.2, 0.25) is 0 Å². The van der Waals surface area contributed by atoms with Gasteiger partial charge >= 0.3 is 10.4 Å². The van der Waals surface area contributed by atoms with Crippen molar-refractivity contribution in [2.75, 3.05) is 7.05 Å². The van der Waals surface area contributed by atoms with Gasteiger partial charge in [-0.25, -0.2) is 0 Å². The number of hydrogen-bond acceptors (Lipinski definition) is 4. The quantitative estimate of drug-likeness (QED) is 0.606. The highest BCUT2D eigenvalue weighted by molar-refractivity contribution is 8.02. The van der Waals surface area contributed by atoms with Gasteiger partial charge in [0.2, 0.25) is 0 Å². The second-order valence-corrected chi connectivity index (χ2v) is 4.64. The molecule has 13 heavy (non-hydrogen) atoms. The fourth-order valence-electron chi connectivity index (χ4n) is 0.658. The molecule has 7 heteroatoms. The Balaban J connectivity index is 0.000000252. The highest BCUT2D eigenvalue weighted by Gasteiger charge is 2.14. The van der Waals surface area contributed by atoms with E-state index in [1.807, 2.05) is 11.8 Å². The summed E-state index contributed by atoms with van der Waals surface area (Å²) in [5.41, 5.74) is 1.38. The summed E-state index contributed by atoms with van der Waals surface area (Å²) < 4.78 is 31.6. The van der Waals surface area contributed by atoms with Crippen molar-refractivity contribution in [2.45, 2.75) is 19.2 Å². The lowest BCUT2D eigenvalue weighted by molar-refractivity contribution is 0.381. The Kier molecular flexibility index (Phi) is 4.76. The standard InChI is InChI=1S/C6H11NS.H2O4S/c1-5-4-8-6(2)7(5)3;1-5(2,3)4/h4,6H,1-3H3;(H2,1,2,3,4). The minimum atomic E-state index is -4.67. The minimum Gasteiger partial charge on any atom is -0.366 e. The van der Waals surface area contributed by atoms with Crippen LogP contribution in [0.3, 0.4) is 0 Å². The van der Waals surface area contributed by atoms with Gasteiger partial charge in [0.25, 0.3) is 0 Å². The molecule has 1 rings (SSSR count). The molecule has 0 bridgehead atoms. The van der Waals surface area contributed by atoms with E-state index in [1.54, 1.807) is 0 Å². The van der Waals surface area contributed by atoms with Gasteiger partial charge in [0.15, 0.2) is 0 Å². The van der Waals surface area contributed by atoms with E-state index >= 15 is 0 Å². The van der Waals surface area contributed by atoms with E-state index in [2.05, 4.69) is 31.2 Å².